The quantitative estimate of drug-likeness (QED) is 0.589. The molecular formula is C18H34N4O2. The normalized spacial score (nSPS) is 29.0. The molecule has 1 aliphatic carbocycles. The first kappa shape index (κ1) is 18.0. The lowest BCUT2D eigenvalue weighted by molar-refractivity contribution is 0.00817. The molecule has 1 atom stereocenters. The van der Waals surface area contributed by atoms with Crippen LogP contribution >= 0.6 is 0 Å². The zero-order chi connectivity index (χ0) is 16.8. The molecule has 0 aromatic rings. The minimum atomic E-state index is -0.541. The summed E-state index contributed by atoms with van der Waals surface area (Å²) in [5, 5.41) is 14.1. The van der Waals surface area contributed by atoms with E-state index in [2.05, 4.69) is 20.1 Å². The molecule has 1 unspecified atom stereocenters. The molecule has 0 aromatic heterocycles. The van der Waals surface area contributed by atoms with Crippen molar-refractivity contribution in [1.29, 1.82) is 0 Å². The third kappa shape index (κ3) is 4.83. The number of hydrogen-bond acceptors (Lipinski definition) is 4. The van der Waals surface area contributed by atoms with Gasteiger partial charge in [-0.25, -0.2) is 0 Å². The van der Waals surface area contributed by atoms with Gasteiger partial charge in [-0.2, -0.15) is 0 Å². The molecule has 3 aliphatic rings. The summed E-state index contributed by atoms with van der Waals surface area (Å²) in [6, 6.07) is 0. The Kier molecular flexibility index (Phi) is 6.36. The van der Waals surface area contributed by atoms with Crippen LogP contribution in [0.4, 0.5) is 0 Å². The second kappa shape index (κ2) is 8.50. The summed E-state index contributed by atoms with van der Waals surface area (Å²) >= 11 is 0. The van der Waals surface area contributed by atoms with Crippen molar-refractivity contribution in [1.82, 2.24) is 15.1 Å². The van der Waals surface area contributed by atoms with Crippen molar-refractivity contribution in [3.05, 3.63) is 0 Å². The molecule has 24 heavy (non-hydrogen) atoms. The number of hydrogen-bond donors (Lipinski definition) is 2. The summed E-state index contributed by atoms with van der Waals surface area (Å²) in [7, 11) is 1.85. The van der Waals surface area contributed by atoms with Crippen LogP contribution in [-0.2, 0) is 4.74 Å². The van der Waals surface area contributed by atoms with Crippen molar-refractivity contribution in [3.63, 3.8) is 0 Å². The lowest BCUT2D eigenvalue weighted by Gasteiger charge is -2.34. The maximum absolute atomic E-state index is 10.7. The van der Waals surface area contributed by atoms with Crippen molar-refractivity contribution in [2.75, 3.05) is 59.5 Å². The second-order valence-corrected chi connectivity index (χ2v) is 7.70. The van der Waals surface area contributed by atoms with E-state index in [4.69, 9.17) is 4.74 Å². The van der Waals surface area contributed by atoms with Crippen LogP contribution in [0.2, 0.25) is 0 Å². The monoisotopic (exact) mass is 338 g/mol. The van der Waals surface area contributed by atoms with E-state index in [9.17, 15) is 5.11 Å². The third-order valence-electron chi connectivity index (χ3n) is 5.78. The average Bonchev–Trinajstić information content (AvgIpc) is 3.05. The first-order valence-corrected chi connectivity index (χ1v) is 9.67. The van der Waals surface area contributed by atoms with E-state index < -0.39 is 5.60 Å². The Morgan fingerprint density at radius 1 is 1.21 bits per heavy atom. The molecule has 1 saturated carbocycles. The first-order chi connectivity index (χ1) is 11.7. The van der Waals surface area contributed by atoms with Gasteiger partial charge in [0.15, 0.2) is 5.96 Å². The molecule has 3 fully saturated rings. The molecule has 2 saturated heterocycles. The first-order valence-electron chi connectivity index (χ1n) is 9.67. The SMILES string of the molecule is CN=C(NCC1(O)CCCCC1)N1CCC(CN2CCOCC2)C1. The van der Waals surface area contributed by atoms with E-state index >= 15 is 0 Å². The molecule has 0 bridgehead atoms. The van der Waals surface area contributed by atoms with Gasteiger partial charge in [-0.3, -0.25) is 9.89 Å². The highest BCUT2D eigenvalue weighted by molar-refractivity contribution is 5.80. The molecule has 3 rings (SSSR count). The molecule has 6 nitrogen and oxygen atoms in total. The maximum atomic E-state index is 10.7. The highest BCUT2D eigenvalue weighted by atomic mass is 16.5. The predicted octanol–water partition coefficient (Wildman–Crippen LogP) is 0.911. The van der Waals surface area contributed by atoms with E-state index in [-0.39, 0.29) is 0 Å². The molecule has 0 spiro atoms. The van der Waals surface area contributed by atoms with Crippen molar-refractivity contribution in [3.8, 4) is 0 Å². The fraction of sp³-hybridized carbons (Fsp3) is 0.944. The van der Waals surface area contributed by atoms with E-state index in [1.165, 1.54) is 19.4 Å². The molecule has 6 heteroatoms. The largest absolute Gasteiger partial charge is 0.388 e. The minimum absolute atomic E-state index is 0.541. The number of rotatable bonds is 4. The van der Waals surface area contributed by atoms with Gasteiger partial charge in [-0.15, -0.1) is 0 Å². The van der Waals surface area contributed by atoms with Crippen LogP contribution in [0.15, 0.2) is 4.99 Å². The van der Waals surface area contributed by atoms with Gasteiger partial charge in [0, 0.05) is 46.3 Å². The van der Waals surface area contributed by atoms with Gasteiger partial charge in [0.05, 0.1) is 18.8 Å². The molecule has 2 N–H and O–H groups in total. The molecule has 0 aromatic carbocycles. The van der Waals surface area contributed by atoms with Crippen LogP contribution < -0.4 is 5.32 Å². The third-order valence-corrected chi connectivity index (χ3v) is 5.78. The molecule has 2 heterocycles. The minimum Gasteiger partial charge on any atom is -0.388 e. The fourth-order valence-corrected chi connectivity index (χ4v) is 4.29. The Balaban J connectivity index is 1.44. The average molecular weight is 338 g/mol. The predicted molar refractivity (Wildman–Crippen MR) is 96.3 cm³/mol. The van der Waals surface area contributed by atoms with Crippen LogP contribution in [0.3, 0.4) is 0 Å². The summed E-state index contributed by atoms with van der Waals surface area (Å²) in [5.74, 6) is 1.66. The number of guanidine groups is 1. The smallest absolute Gasteiger partial charge is 0.193 e. The van der Waals surface area contributed by atoms with Crippen molar-refractivity contribution < 1.29 is 9.84 Å². The summed E-state index contributed by atoms with van der Waals surface area (Å²) in [6.07, 6.45) is 6.59. The number of nitrogens with zero attached hydrogens (tertiary/aromatic N) is 3. The summed E-state index contributed by atoms with van der Waals surface area (Å²) in [5.41, 5.74) is -0.541. The van der Waals surface area contributed by atoms with E-state index in [1.54, 1.807) is 0 Å². The van der Waals surface area contributed by atoms with Crippen LogP contribution in [0.5, 0.6) is 0 Å². The Labute approximate surface area is 146 Å². The number of nitrogens with one attached hydrogen (secondary N) is 1. The number of morpholine rings is 1. The van der Waals surface area contributed by atoms with Gasteiger partial charge in [0.2, 0.25) is 0 Å². The number of aliphatic hydroxyl groups is 1. The highest BCUT2D eigenvalue weighted by Crippen LogP contribution is 2.27. The number of likely N-dealkylation sites (tertiary alicyclic amines) is 1. The Hall–Kier alpha value is -0.850. The van der Waals surface area contributed by atoms with Crippen LogP contribution in [0.25, 0.3) is 0 Å². The molecular weight excluding hydrogens is 304 g/mol. The number of aliphatic imine (C=N–C) groups is 1. The van der Waals surface area contributed by atoms with Crippen molar-refractivity contribution in [2.24, 2.45) is 10.9 Å². The summed E-state index contributed by atoms with van der Waals surface area (Å²) in [6.45, 7) is 7.80. The van der Waals surface area contributed by atoms with Crippen molar-refractivity contribution in [2.45, 2.75) is 44.1 Å². The topological polar surface area (TPSA) is 60.3 Å². The zero-order valence-electron chi connectivity index (χ0n) is 15.2. The van der Waals surface area contributed by atoms with E-state index in [0.29, 0.717) is 12.5 Å². The van der Waals surface area contributed by atoms with Crippen LogP contribution in [0.1, 0.15) is 38.5 Å². The lowest BCUT2D eigenvalue weighted by Crippen LogP contribution is -2.49. The van der Waals surface area contributed by atoms with Gasteiger partial charge in [-0.05, 0) is 25.2 Å². The summed E-state index contributed by atoms with van der Waals surface area (Å²) < 4.78 is 5.44. The molecule has 0 amide bonds. The maximum Gasteiger partial charge on any atom is 0.193 e. The van der Waals surface area contributed by atoms with Crippen LogP contribution in [-0.4, -0.2) is 86.0 Å². The molecule has 0 radical (unpaired) electrons. The van der Waals surface area contributed by atoms with Gasteiger partial charge < -0.3 is 20.1 Å². The standard InChI is InChI=1S/C18H34N4O2/c1-19-17(20-15-18(23)6-3-2-4-7-18)22-8-5-16(14-22)13-21-9-11-24-12-10-21/h16,23H,2-15H2,1H3,(H,19,20). The highest BCUT2D eigenvalue weighted by Gasteiger charge is 2.31. The van der Waals surface area contributed by atoms with E-state index in [0.717, 1.165) is 71.0 Å². The fourth-order valence-electron chi connectivity index (χ4n) is 4.29. The second-order valence-electron chi connectivity index (χ2n) is 7.70. The lowest BCUT2D eigenvalue weighted by atomic mass is 9.85. The van der Waals surface area contributed by atoms with Gasteiger partial charge in [-0.1, -0.05) is 19.3 Å². The Morgan fingerprint density at radius 2 is 1.96 bits per heavy atom. The molecule has 138 valence electrons. The van der Waals surface area contributed by atoms with Gasteiger partial charge in [0.25, 0.3) is 0 Å². The number of ether oxygens (including phenoxy) is 1. The summed E-state index contributed by atoms with van der Waals surface area (Å²) in [4.78, 5) is 9.34. The Morgan fingerprint density at radius 3 is 2.67 bits per heavy atom. The Bertz CT molecular complexity index is 417. The van der Waals surface area contributed by atoms with Gasteiger partial charge >= 0.3 is 0 Å². The van der Waals surface area contributed by atoms with Gasteiger partial charge in [0.1, 0.15) is 0 Å². The van der Waals surface area contributed by atoms with Crippen LogP contribution in [0, 0.1) is 5.92 Å². The van der Waals surface area contributed by atoms with Crippen molar-refractivity contribution >= 4 is 5.96 Å². The van der Waals surface area contributed by atoms with E-state index in [1.807, 2.05) is 7.05 Å². The zero-order valence-corrected chi connectivity index (χ0v) is 15.2. The molecule has 2 aliphatic heterocycles.